The van der Waals surface area contributed by atoms with Gasteiger partial charge in [0.2, 0.25) is 0 Å². The number of halogens is 1. The van der Waals surface area contributed by atoms with Gasteiger partial charge in [-0.3, -0.25) is 11.3 Å². The monoisotopic (exact) mass is 240 g/mol. The smallest absolute Gasteiger partial charge is 0.128 e. The zero-order valence-corrected chi connectivity index (χ0v) is 10.7. The Hall–Kier alpha value is -0.970. The van der Waals surface area contributed by atoms with Crippen LogP contribution in [0.25, 0.3) is 0 Å². The normalized spacial score (nSPS) is 12.8. The zero-order chi connectivity index (χ0) is 12.8. The Labute approximate surface area is 102 Å². The van der Waals surface area contributed by atoms with Crippen molar-refractivity contribution in [2.24, 2.45) is 5.84 Å². The van der Waals surface area contributed by atoms with E-state index in [-0.39, 0.29) is 11.9 Å². The second-order valence-corrected chi connectivity index (χ2v) is 4.33. The summed E-state index contributed by atoms with van der Waals surface area (Å²) in [4.78, 5) is 0. The van der Waals surface area contributed by atoms with Crippen molar-refractivity contribution >= 4 is 0 Å². The quantitative estimate of drug-likeness (QED) is 0.456. The molecule has 0 aromatic heterocycles. The fourth-order valence-electron chi connectivity index (χ4n) is 2.11. The number of hydrazine groups is 1. The van der Waals surface area contributed by atoms with Gasteiger partial charge in [0, 0.05) is 25.3 Å². The number of ether oxygens (including phenoxy) is 1. The number of rotatable bonds is 6. The molecule has 3 N–H and O–H groups in total. The molecule has 0 spiro atoms. The minimum Gasteiger partial charge on any atom is -0.385 e. The number of aryl methyl sites for hydroxylation is 2. The molecule has 0 heterocycles. The van der Waals surface area contributed by atoms with Gasteiger partial charge in [0.1, 0.15) is 5.82 Å². The van der Waals surface area contributed by atoms with E-state index in [0.29, 0.717) is 12.2 Å². The van der Waals surface area contributed by atoms with Gasteiger partial charge in [-0.1, -0.05) is 6.07 Å². The van der Waals surface area contributed by atoms with E-state index < -0.39 is 0 Å². The van der Waals surface area contributed by atoms with Crippen LogP contribution >= 0.6 is 0 Å². The van der Waals surface area contributed by atoms with E-state index in [1.165, 1.54) is 0 Å². The first-order valence-corrected chi connectivity index (χ1v) is 5.81. The molecule has 1 aromatic carbocycles. The summed E-state index contributed by atoms with van der Waals surface area (Å²) in [5.41, 5.74) is 5.20. The Kier molecular flexibility index (Phi) is 5.55. The number of hydrogen-bond acceptors (Lipinski definition) is 3. The highest BCUT2D eigenvalue weighted by Crippen LogP contribution is 2.25. The molecule has 0 radical (unpaired) electrons. The van der Waals surface area contributed by atoms with Crippen LogP contribution in [0.2, 0.25) is 0 Å². The molecule has 0 amide bonds. The van der Waals surface area contributed by atoms with E-state index in [2.05, 4.69) is 5.43 Å². The van der Waals surface area contributed by atoms with Crippen molar-refractivity contribution in [3.8, 4) is 0 Å². The minimum absolute atomic E-state index is 0.161. The first-order valence-electron chi connectivity index (χ1n) is 5.81. The van der Waals surface area contributed by atoms with Crippen molar-refractivity contribution in [1.82, 2.24) is 5.43 Å². The van der Waals surface area contributed by atoms with Gasteiger partial charge in [-0.25, -0.2) is 4.39 Å². The minimum atomic E-state index is -0.192. The fourth-order valence-corrected chi connectivity index (χ4v) is 2.11. The SMILES string of the molecule is COCCCC(NN)c1c(C)cc(C)cc1F. The van der Waals surface area contributed by atoms with Gasteiger partial charge in [-0.15, -0.1) is 0 Å². The standard InChI is InChI=1S/C13H21FN2O/c1-9-7-10(2)13(11(14)8-9)12(16-15)5-4-6-17-3/h7-8,12,16H,4-6,15H2,1-3H3. The second-order valence-electron chi connectivity index (χ2n) is 4.33. The molecule has 17 heavy (non-hydrogen) atoms. The summed E-state index contributed by atoms with van der Waals surface area (Å²) in [6.45, 7) is 4.45. The third kappa shape index (κ3) is 3.77. The van der Waals surface area contributed by atoms with Crippen molar-refractivity contribution in [2.75, 3.05) is 13.7 Å². The van der Waals surface area contributed by atoms with Crippen molar-refractivity contribution in [3.63, 3.8) is 0 Å². The van der Waals surface area contributed by atoms with Gasteiger partial charge >= 0.3 is 0 Å². The third-order valence-corrected chi connectivity index (χ3v) is 2.87. The van der Waals surface area contributed by atoms with Crippen molar-refractivity contribution in [2.45, 2.75) is 32.7 Å². The van der Waals surface area contributed by atoms with Crippen LogP contribution in [0.15, 0.2) is 12.1 Å². The Morgan fingerprint density at radius 1 is 1.41 bits per heavy atom. The van der Waals surface area contributed by atoms with Crippen LogP contribution in [0.3, 0.4) is 0 Å². The molecule has 0 saturated heterocycles. The number of nitrogens with one attached hydrogen (secondary N) is 1. The van der Waals surface area contributed by atoms with Gasteiger partial charge in [0.15, 0.2) is 0 Å². The van der Waals surface area contributed by atoms with E-state index in [4.69, 9.17) is 10.6 Å². The zero-order valence-electron chi connectivity index (χ0n) is 10.7. The van der Waals surface area contributed by atoms with Crippen LogP contribution in [0.1, 0.15) is 35.6 Å². The summed E-state index contributed by atoms with van der Waals surface area (Å²) in [5.74, 6) is 5.31. The Balaban J connectivity index is 2.87. The maximum absolute atomic E-state index is 13.9. The lowest BCUT2D eigenvalue weighted by atomic mass is 9.96. The largest absolute Gasteiger partial charge is 0.385 e. The average Bonchev–Trinajstić information content (AvgIpc) is 2.25. The van der Waals surface area contributed by atoms with Crippen LogP contribution in [0, 0.1) is 19.7 Å². The molecular formula is C13H21FN2O. The lowest BCUT2D eigenvalue weighted by molar-refractivity contribution is 0.188. The molecule has 1 unspecified atom stereocenters. The van der Waals surface area contributed by atoms with E-state index in [9.17, 15) is 4.39 Å². The molecule has 0 bridgehead atoms. The topological polar surface area (TPSA) is 47.3 Å². The highest BCUT2D eigenvalue weighted by atomic mass is 19.1. The molecule has 0 fully saturated rings. The number of hydrogen-bond donors (Lipinski definition) is 2. The summed E-state index contributed by atoms with van der Waals surface area (Å²) in [5, 5.41) is 0. The molecule has 0 saturated carbocycles. The van der Waals surface area contributed by atoms with E-state index in [1.54, 1.807) is 13.2 Å². The first kappa shape index (κ1) is 14.1. The summed E-state index contributed by atoms with van der Waals surface area (Å²) in [7, 11) is 1.66. The van der Waals surface area contributed by atoms with Crippen molar-refractivity contribution in [3.05, 3.63) is 34.6 Å². The molecule has 0 aliphatic heterocycles. The molecule has 0 aliphatic rings. The summed E-state index contributed by atoms with van der Waals surface area (Å²) in [6, 6.07) is 3.35. The lowest BCUT2D eigenvalue weighted by Crippen LogP contribution is -2.29. The Bertz CT molecular complexity index is 345. The number of methoxy groups -OCH3 is 1. The van der Waals surface area contributed by atoms with E-state index in [1.807, 2.05) is 19.9 Å². The van der Waals surface area contributed by atoms with Crippen LogP contribution in [-0.2, 0) is 4.74 Å². The Morgan fingerprint density at radius 2 is 2.12 bits per heavy atom. The van der Waals surface area contributed by atoms with Gasteiger partial charge in [0.25, 0.3) is 0 Å². The predicted octanol–water partition coefficient (Wildman–Crippen LogP) is 2.37. The molecule has 0 aliphatic carbocycles. The lowest BCUT2D eigenvalue weighted by Gasteiger charge is -2.19. The fraction of sp³-hybridized carbons (Fsp3) is 0.538. The van der Waals surface area contributed by atoms with Crippen molar-refractivity contribution < 1.29 is 9.13 Å². The molecule has 1 atom stereocenters. The van der Waals surface area contributed by atoms with E-state index >= 15 is 0 Å². The van der Waals surface area contributed by atoms with Crippen molar-refractivity contribution in [1.29, 1.82) is 0 Å². The van der Waals surface area contributed by atoms with Gasteiger partial charge in [0.05, 0.1) is 0 Å². The number of nitrogens with two attached hydrogens (primary N) is 1. The summed E-state index contributed by atoms with van der Waals surface area (Å²) in [6.07, 6.45) is 1.60. The van der Waals surface area contributed by atoms with Gasteiger partial charge in [-0.2, -0.15) is 0 Å². The van der Waals surface area contributed by atoms with Crippen LogP contribution in [0.4, 0.5) is 4.39 Å². The van der Waals surface area contributed by atoms with Crippen LogP contribution < -0.4 is 11.3 Å². The maximum atomic E-state index is 13.9. The third-order valence-electron chi connectivity index (χ3n) is 2.87. The second kappa shape index (κ2) is 6.69. The van der Waals surface area contributed by atoms with Crippen LogP contribution in [-0.4, -0.2) is 13.7 Å². The summed E-state index contributed by atoms with van der Waals surface area (Å²) >= 11 is 0. The molecule has 3 nitrogen and oxygen atoms in total. The highest BCUT2D eigenvalue weighted by Gasteiger charge is 2.17. The maximum Gasteiger partial charge on any atom is 0.128 e. The average molecular weight is 240 g/mol. The van der Waals surface area contributed by atoms with Crippen LogP contribution in [0.5, 0.6) is 0 Å². The molecule has 96 valence electrons. The Morgan fingerprint density at radius 3 is 2.65 bits per heavy atom. The summed E-state index contributed by atoms with van der Waals surface area (Å²) < 4.78 is 18.9. The highest BCUT2D eigenvalue weighted by molar-refractivity contribution is 5.34. The predicted molar refractivity (Wildman–Crippen MR) is 67.0 cm³/mol. The molecule has 1 rings (SSSR count). The van der Waals surface area contributed by atoms with Gasteiger partial charge in [-0.05, 0) is 43.9 Å². The molecule has 4 heteroatoms. The van der Waals surface area contributed by atoms with E-state index in [0.717, 1.165) is 24.0 Å². The molecule has 1 aromatic rings. The molecular weight excluding hydrogens is 219 g/mol. The van der Waals surface area contributed by atoms with Gasteiger partial charge < -0.3 is 4.74 Å². The first-order chi connectivity index (χ1) is 8.10. The number of benzene rings is 1.